The summed E-state index contributed by atoms with van der Waals surface area (Å²) in [4.78, 5) is 44.8. The quantitative estimate of drug-likeness (QED) is 0.333. The van der Waals surface area contributed by atoms with Gasteiger partial charge in [-0.3, -0.25) is 14.4 Å². The average Bonchev–Trinajstić information content (AvgIpc) is 3.59. The fourth-order valence-corrected chi connectivity index (χ4v) is 7.47. The molecule has 43 heavy (non-hydrogen) atoms. The predicted molar refractivity (Wildman–Crippen MR) is 170 cm³/mol. The van der Waals surface area contributed by atoms with Crippen LogP contribution in [0.15, 0.2) is 41.2 Å². The van der Waals surface area contributed by atoms with E-state index in [0.29, 0.717) is 17.2 Å². The molecule has 2 aromatic carbocycles. The second-order valence-electron chi connectivity index (χ2n) is 12.4. The number of aromatic amines is 1. The molecule has 3 aromatic rings. The monoisotopic (exact) mass is 582 g/mol. The number of H-pyrrole nitrogens is 1. The van der Waals surface area contributed by atoms with Crippen molar-refractivity contribution < 1.29 is 14.3 Å². The lowest BCUT2D eigenvalue weighted by Gasteiger charge is -2.37. The number of ether oxygens (including phenoxy) is 1. The number of nitrogens with zero attached hydrogens (tertiary/aromatic N) is 1. The zero-order valence-corrected chi connectivity index (χ0v) is 25.7. The summed E-state index contributed by atoms with van der Waals surface area (Å²) in [7, 11) is 0. The maximum atomic E-state index is 13.8. The first-order chi connectivity index (χ1) is 20.7. The Balaban J connectivity index is 1.40. The summed E-state index contributed by atoms with van der Waals surface area (Å²) in [5.74, 6) is -0.109. The Morgan fingerprint density at radius 1 is 1.02 bits per heavy atom. The minimum absolute atomic E-state index is 0.111. The minimum atomic E-state index is -0.397. The van der Waals surface area contributed by atoms with E-state index in [-0.39, 0.29) is 23.9 Å². The van der Waals surface area contributed by atoms with Gasteiger partial charge in [-0.05, 0) is 105 Å². The third-order valence-electron chi connectivity index (χ3n) is 9.83. The highest BCUT2D eigenvalue weighted by atomic mass is 16.5. The number of carbonyl (C=O) groups excluding carboxylic acids is 2. The van der Waals surface area contributed by atoms with Gasteiger partial charge in [0.15, 0.2) is 0 Å². The Kier molecular flexibility index (Phi) is 7.90. The summed E-state index contributed by atoms with van der Waals surface area (Å²) >= 11 is 0. The average molecular weight is 583 g/mol. The molecule has 0 atom stereocenters. The third kappa shape index (κ3) is 5.26. The van der Waals surface area contributed by atoms with Crippen LogP contribution in [-0.4, -0.2) is 42.6 Å². The van der Waals surface area contributed by atoms with Gasteiger partial charge >= 0.3 is 0 Å². The van der Waals surface area contributed by atoms with Gasteiger partial charge in [0.25, 0.3) is 11.5 Å². The Morgan fingerprint density at radius 3 is 2.47 bits per heavy atom. The highest BCUT2D eigenvalue weighted by Gasteiger charge is 2.48. The molecule has 226 valence electrons. The van der Waals surface area contributed by atoms with Gasteiger partial charge in [0.1, 0.15) is 0 Å². The standard InChI is InChI=1S/C35H42N4O4/c1-5-39(26-10-14-43-15-11-26)31-19-25(24-8-9-29-30(18-24)38-34(42)35(29)12-6-7-13-35)17-27(23(31)4)32(40)36-20-28-21(2)16-22(3)37-33(28)41/h8-9,16-19,26H,5-7,10-15,20H2,1-4H3,(H,36,40)(H,37,41)(H,38,42). The molecular weight excluding hydrogens is 540 g/mol. The van der Waals surface area contributed by atoms with Crippen molar-refractivity contribution in [3.05, 3.63) is 80.3 Å². The van der Waals surface area contributed by atoms with Gasteiger partial charge in [-0.2, -0.15) is 0 Å². The number of aryl methyl sites for hydroxylation is 2. The molecule has 1 saturated carbocycles. The summed E-state index contributed by atoms with van der Waals surface area (Å²) in [5.41, 5.74) is 7.99. The maximum absolute atomic E-state index is 13.8. The van der Waals surface area contributed by atoms with Crippen molar-refractivity contribution in [2.24, 2.45) is 0 Å². The van der Waals surface area contributed by atoms with Crippen molar-refractivity contribution in [2.75, 3.05) is 30.0 Å². The van der Waals surface area contributed by atoms with E-state index in [9.17, 15) is 14.4 Å². The van der Waals surface area contributed by atoms with Crippen molar-refractivity contribution in [3.8, 4) is 11.1 Å². The summed E-state index contributed by atoms with van der Waals surface area (Å²) in [6, 6.07) is 12.6. The molecule has 6 rings (SSSR count). The van der Waals surface area contributed by atoms with Gasteiger partial charge in [0, 0.05) is 60.5 Å². The van der Waals surface area contributed by atoms with E-state index in [2.05, 4.69) is 51.7 Å². The van der Waals surface area contributed by atoms with Crippen LogP contribution in [0.2, 0.25) is 0 Å². The number of amides is 2. The predicted octanol–water partition coefficient (Wildman–Crippen LogP) is 5.67. The molecule has 2 amide bonds. The van der Waals surface area contributed by atoms with E-state index >= 15 is 0 Å². The van der Waals surface area contributed by atoms with Gasteiger partial charge in [-0.1, -0.05) is 25.0 Å². The molecule has 1 saturated heterocycles. The first kappa shape index (κ1) is 29.2. The van der Waals surface area contributed by atoms with E-state index in [0.717, 1.165) is 103 Å². The number of fused-ring (bicyclic) bond motifs is 2. The van der Waals surface area contributed by atoms with Crippen LogP contribution in [0, 0.1) is 20.8 Å². The number of anilines is 2. The Hall–Kier alpha value is -3.91. The van der Waals surface area contributed by atoms with Gasteiger partial charge < -0.3 is 25.3 Å². The highest BCUT2D eigenvalue weighted by molar-refractivity contribution is 6.07. The number of pyridine rings is 1. The number of rotatable bonds is 7. The summed E-state index contributed by atoms with van der Waals surface area (Å²) < 4.78 is 5.65. The molecule has 0 unspecified atom stereocenters. The van der Waals surface area contributed by atoms with Crippen LogP contribution in [0.3, 0.4) is 0 Å². The molecule has 8 nitrogen and oxygen atoms in total. The molecule has 2 fully saturated rings. The van der Waals surface area contributed by atoms with Crippen LogP contribution in [0.25, 0.3) is 11.1 Å². The van der Waals surface area contributed by atoms with Gasteiger partial charge in [-0.15, -0.1) is 0 Å². The number of hydrogen-bond acceptors (Lipinski definition) is 5. The molecule has 1 aromatic heterocycles. The van der Waals surface area contributed by atoms with Crippen molar-refractivity contribution >= 4 is 23.2 Å². The molecule has 1 aliphatic carbocycles. The lowest BCUT2D eigenvalue weighted by molar-refractivity contribution is -0.120. The van der Waals surface area contributed by atoms with Crippen LogP contribution < -0.4 is 21.1 Å². The lowest BCUT2D eigenvalue weighted by Crippen LogP contribution is -2.40. The molecule has 2 aliphatic heterocycles. The Morgan fingerprint density at radius 2 is 1.77 bits per heavy atom. The fourth-order valence-electron chi connectivity index (χ4n) is 7.47. The van der Waals surface area contributed by atoms with Gasteiger partial charge in [0.2, 0.25) is 5.91 Å². The van der Waals surface area contributed by atoms with E-state index in [1.165, 1.54) is 0 Å². The summed E-state index contributed by atoms with van der Waals surface area (Å²) in [5, 5.41) is 6.19. The van der Waals surface area contributed by atoms with Crippen LogP contribution in [0.4, 0.5) is 11.4 Å². The second kappa shape index (κ2) is 11.6. The first-order valence-electron chi connectivity index (χ1n) is 15.6. The van der Waals surface area contributed by atoms with Crippen LogP contribution >= 0.6 is 0 Å². The van der Waals surface area contributed by atoms with E-state index in [1.807, 2.05) is 32.9 Å². The van der Waals surface area contributed by atoms with E-state index < -0.39 is 5.41 Å². The topological polar surface area (TPSA) is 104 Å². The summed E-state index contributed by atoms with van der Waals surface area (Å²) in [6.45, 7) is 10.3. The number of hydrogen-bond donors (Lipinski definition) is 3. The molecule has 3 N–H and O–H groups in total. The van der Waals surface area contributed by atoms with Crippen LogP contribution in [0.5, 0.6) is 0 Å². The normalized spacial score (nSPS) is 17.6. The van der Waals surface area contributed by atoms with Crippen LogP contribution in [0.1, 0.15) is 83.8 Å². The Bertz CT molecular complexity index is 1630. The van der Waals surface area contributed by atoms with Gasteiger partial charge in [-0.25, -0.2) is 0 Å². The third-order valence-corrected chi connectivity index (χ3v) is 9.83. The SMILES string of the molecule is CCN(c1cc(-c2ccc3c(c2)NC(=O)C32CCCC2)cc(C(=O)NCc2c(C)cc(C)[nH]c2=O)c1C)C1CCOCC1. The molecule has 0 bridgehead atoms. The molecule has 8 heteroatoms. The number of aromatic nitrogens is 1. The largest absolute Gasteiger partial charge is 0.381 e. The van der Waals surface area contributed by atoms with E-state index in [1.54, 1.807) is 0 Å². The molecule has 1 spiro atoms. The fraction of sp³-hybridized carbons (Fsp3) is 0.457. The van der Waals surface area contributed by atoms with Gasteiger partial charge in [0.05, 0.1) is 5.41 Å². The molecule has 0 radical (unpaired) electrons. The number of benzene rings is 2. The molecule has 3 aliphatic rings. The van der Waals surface area contributed by atoms with E-state index in [4.69, 9.17) is 4.74 Å². The Labute approximate surface area is 253 Å². The smallest absolute Gasteiger partial charge is 0.253 e. The number of carbonyl (C=O) groups is 2. The van der Waals surface area contributed by atoms with Crippen molar-refractivity contribution in [2.45, 2.75) is 84.2 Å². The zero-order chi connectivity index (χ0) is 30.3. The zero-order valence-electron chi connectivity index (χ0n) is 25.7. The lowest BCUT2D eigenvalue weighted by atomic mass is 9.79. The van der Waals surface area contributed by atoms with Crippen molar-refractivity contribution in [1.29, 1.82) is 0 Å². The highest BCUT2D eigenvalue weighted by Crippen LogP contribution is 2.49. The van der Waals surface area contributed by atoms with Crippen LogP contribution in [-0.2, 0) is 21.5 Å². The van der Waals surface area contributed by atoms with Crippen molar-refractivity contribution in [1.82, 2.24) is 10.3 Å². The minimum Gasteiger partial charge on any atom is -0.381 e. The second-order valence-corrected chi connectivity index (χ2v) is 12.4. The molecule has 3 heterocycles. The molecular formula is C35H42N4O4. The number of nitrogens with one attached hydrogen (secondary N) is 3. The maximum Gasteiger partial charge on any atom is 0.253 e. The first-order valence-corrected chi connectivity index (χ1v) is 15.6. The van der Waals surface area contributed by atoms with Crippen molar-refractivity contribution in [3.63, 3.8) is 0 Å². The summed E-state index contributed by atoms with van der Waals surface area (Å²) in [6.07, 6.45) is 5.79.